The van der Waals surface area contributed by atoms with Crippen LogP contribution in [0.2, 0.25) is 0 Å². The zero-order chi connectivity index (χ0) is 24.7. The van der Waals surface area contributed by atoms with E-state index in [4.69, 9.17) is 0 Å². The Morgan fingerprint density at radius 3 is 2.40 bits per heavy atom. The Bertz CT molecular complexity index is 1250. The van der Waals surface area contributed by atoms with Gasteiger partial charge in [-0.25, -0.2) is 13.1 Å². The molecule has 3 aromatic rings. The molecule has 1 saturated heterocycles. The SMILES string of the molecule is Cc1nn(-c2ccccc2)cc1CCCNC(=O)C1CCN(S(=O)(=O)/C=C/c2ccccc2)CC1. The third-order valence-electron chi connectivity index (χ3n) is 6.36. The predicted molar refractivity (Wildman–Crippen MR) is 138 cm³/mol. The van der Waals surface area contributed by atoms with E-state index in [1.54, 1.807) is 6.08 Å². The number of hydrogen-bond acceptors (Lipinski definition) is 4. The average molecular weight is 493 g/mol. The van der Waals surface area contributed by atoms with Gasteiger partial charge in [0.1, 0.15) is 0 Å². The number of rotatable bonds is 9. The van der Waals surface area contributed by atoms with Crippen molar-refractivity contribution in [1.29, 1.82) is 0 Å². The van der Waals surface area contributed by atoms with Crippen LogP contribution in [0.5, 0.6) is 0 Å². The lowest BCUT2D eigenvalue weighted by Crippen LogP contribution is -2.42. The van der Waals surface area contributed by atoms with Gasteiger partial charge in [0.2, 0.25) is 15.9 Å². The Kier molecular flexibility index (Phi) is 8.15. The fraction of sp³-hybridized carbons (Fsp3) is 0.333. The largest absolute Gasteiger partial charge is 0.356 e. The molecule has 0 aliphatic carbocycles. The second-order valence-corrected chi connectivity index (χ2v) is 10.7. The number of hydrogen-bond donors (Lipinski definition) is 1. The van der Waals surface area contributed by atoms with Gasteiger partial charge in [0.15, 0.2) is 0 Å². The van der Waals surface area contributed by atoms with Crippen molar-refractivity contribution in [3.63, 3.8) is 0 Å². The Morgan fingerprint density at radius 1 is 1.06 bits per heavy atom. The quantitative estimate of drug-likeness (QED) is 0.459. The van der Waals surface area contributed by atoms with Gasteiger partial charge in [-0.3, -0.25) is 4.79 Å². The maximum absolute atomic E-state index is 12.6. The van der Waals surface area contributed by atoms with E-state index < -0.39 is 10.0 Å². The maximum atomic E-state index is 12.6. The molecule has 1 N–H and O–H groups in total. The van der Waals surface area contributed by atoms with Gasteiger partial charge in [0.05, 0.1) is 11.4 Å². The van der Waals surface area contributed by atoms with Gasteiger partial charge in [0, 0.05) is 37.2 Å². The molecule has 4 rings (SSSR count). The van der Waals surface area contributed by atoms with Crippen LogP contribution in [0.4, 0.5) is 0 Å². The number of nitrogens with zero attached hydrogens (tertiary/aromatic N) is 3. The Morgan fingerprint density at radius 2 is 1.71 bits per heavy atom. The van der Waals surface area contributed by atoms with Gasteiger partial charge in [-0.15, -0.1) is 0 Å². The molecule has 0 spiro atoms. The lowest BCUT2D eigenvalue weighted by Gasteiger charge is -2.29. The van der Waals surface area contributed by atoms with E-state index in [0.29, 0.717) is 32.5 Å². The summed E-state index contributed by atoms with van der Waals surface area (Å²) in [6.45, 7) is 3.31. The number of aromatic nitrogens is 2. The molecule has 1 fully saturated rings. The van der Waals surface area contributed by atoms with Gasteiger partial charge >= 0.3 is 0 Å². The van der Waals surface area contributed by atoms with Crippen LogP contribution in [0.3, 0.4) is 0 Å². The zero-order valence-electron chi connectivity index (χ0n) is 20.0. The fourth-order valence-corrected chi connectivity index (χ4v) is 5.50. The number of carbonyl (C=O) groups excluding carboxylic acids is 1. The lowest BCUT2D eigenvalue weighted by molar-refractivity contribution is -0.126. The summed E-state index contributed by atoms with van der Waals surface area (Å²) in [5.41, 5.74) is 4.03. The van der Waals surface area contributed by atoms with Crippen LogP contribution < -0.4 is 5.32 Å². The first-order chi connectivity index (χ1) is 16.9. The maximum Gasteiger partial charge on any atom is 0.236 e. The Labute approximate surface area is 207 Å². The average Bonchev–Trinajstić information content (AvgIpc) is 3.27. The van der Waals surface area contributed by atoms with E-state index in [1.165, 1.54) is 15.3 Å². The first-order valence-electron chi connectivity index (χ1n) is 12.0. The van der Waals surface area contributed by atoms with Gasteiger partial charge in [-0.2, -0.15) is 9.40 Å². The van der Waals surface area contributed by atoms with Crippen molar-refractivity contribution < 1.29 is 13.2 Å². The molecule has 184 valence electrons. The summed E-state index contributed by atoms with van der Waals surface area (Å²) < 4.78 is 28.6. The molecule has 1 amide bonds. The molecular formula is C27H32N4O3S. The van der Waals surface area contributed by atoms with Gasteiger partial charge in [0.25, 0.3) is 0 Å². The Hall–Kier alpha value is -3.23. The van der Waals surface area contributed by atoms with E-state index in [0.717, 1.165) is 29.8 Å². The molecule has 8 heteroatoms. The third-order valence-corrected chi connectivity index (χ3v) is 7.93. The minimum absolute atomic E-state index is 0.0126. The number of para-hydroxylation sites is 1. The highest BCUT2D eigenvalue weighted by Gasteiger charge is 2.29. The number of carbonyl (C=O) groups is 1. The normalized spacial score (nSPS) is 15.5. The standard InChI is InChI=1S/C27H32N4O3S/c1-22-25(21-31(29-22)26-12-6-3-7-13-26)11-8-17-28-27(32)24-14-18-30(19-15-24)35(33,34)20-16-23-9-4-2-5-10-23/h2-7,9-10,12-13,16,20-21,24H,8,11,14-15,17-19H2,1H3,(H,28,32)/b20-16+. The predicted octanol–water partition coefficient (Wildman–Crippen LogP) is 3.94. The molecule has 7 nitrogen and oxygen atoms in total. The molecule has 0 radical (unpaired) electrons. The van der Waals surface area contributed by atoms with Crippen molar-refractivity contribution in [1.82, 2.24) is 19.4 Å². The second kappa shape index (κ2) is 11.5. The molecular weight excluding hydrogens is 460 g/mol. The van der Waals surface area contributed by atoms with Crippen LogP contribution in [0.1, 0.15) is 36.1 Å². The minimum atomic E-state index is -3.49. The summed E-state index contributed by atoms with van der Waals surface area (Å²) in [4.78, 5) is 12.6. The highest BCUT2D eigenvalue weighted by molar-refractivity contribution is 7.92. The lowest BCUT2D eigenvalue weighted by atomic mass is 9.97. The Balaban J connectivity index is 1.20. The number of nitrogens with one attached hydrogen (secondary N) is 1. The van der Waals surface area contributed by atoms with Crippen LogP contribution in [0.25, 0.3) is 11.8 Å². The highest BCUT2D eigenvalue weighted by atomic mass is 32.2. The molecule has 0 saturated carbocycles. The number of piperidine rings is 1. The van der Waals surface area contributed by atoms with E-state index in [9.17, 15) is 13.2 Å². The van der Waals surface area contributed by atoms with Crippen LogP contribution in [-0.4, -0.2) is 48.0 Å². The first-order valence-corrected chi connectivity index (χ1v) is 13.5. The molecule has 2 aromatic carbocycles. The second-order valence-electron chi connectivity index (χ2n) is 8.85. The van der Waals surface area contributed by atoms with Gasteiger partial charge < -0.3 is 5.32 Å². The van der Waals surface area contributed by atoms with E-state index in [2.05, 4.69) is 16.6 Å². The molecule has 1 aliphatic rings. The van der Waals surface area contributed by atoms with E-state index in [-0.39, 0.29) is 11.8 Å². The summed E-state index contributed by atoms with van der Waals surface area (Å²) in [6, 6.07) is 19.4. The van der Waals surface area contributed by atoms with E-state index >= 15 is 0 Å². The summed E-state index contributed by atoms with van der Waals surface area (Å²) in [5, 5.41) is 8.88. The highest BCUT2D eigenvalue weighted by Crippen LogP contribution is 2.21. The van der Waals surface area contributed by atoms with Crippen molar-refractivity contribution in [2.24, 2.45) is 5.92 Å². The number of benzene rings is 2. The number of sulfonamides is 1. The molecule has 0 atom stereocenters. The molecule has 0 bridgehead atoms. The summed E-state index contributed by atoms with van der Waals surface area (Å²) in [7, 11) is -3.49. The van der Waals surface area contributed by atoms with Crippen LogP contribution in [0.15, 0.2) is 72.3 Å². The first kappa shape index (κ1) is 24.9. The van der Waals surface area contributed by atoms with Crippen molar-refractivity contribution in [2.45, 2.75) is 32.6 Å². The van der Waals surface area contributed by atoms with E-state index in [1.807, 2.05) is 72.3 Å². The van der Waals surface area contributed by atoms with Crippen molar-refractivity contribution >= 4 is 22.0 Å². The smallest absolute Gasteiger partial charge is 0.236 e. The molecule has 35 heavy (non-hydrogen) atoms. The molecule has 1 aromatic heterocycles. The topological polar surface area (TPSA) is 84.3 Å². The van der Waals surface area contributed by atoms with Crippen molar-refractivity contribution in [2.75, 3.05) is 19.6 Å². The number of aryl methyl sites for hydroxylation is 2. The van der Waals surface area contributed by atoms with Crippen LogP contribution in [-0.2, 0) is 21.2 Å². The summed E-state index contributed by atoms with van der Waals surface area (Å²) >= 11 is 0. The van der Waals surface area contributed by atoms with Crippen LogP contribution >= 0.6 is 0 Å². The van der Waals surface area contributed by atoms with Crippen LogP contribution in [0, 0.1) is 12.8 Å². The summed E-state index contributed by atoms with van der Waals surface area (Å²) in [6.07, 6.45) is 6.39. The minimum Gasteiger partial charge on any atom is -0.356 e. The van der Waals surface area contributed by atoms with Crippen molar-refractivity contribution in [3.8, 4) is 5.69 Å². The molecule has 1 aliphatic heterocycles. The zero-order valence-corrected chi connectivity index (χ0v) is 20.8. The van der Waals surface area contributed by atoms with Crippen molar-refractivity contribution in [3.05, 3.63) is 89.1 Å². The van der Waals surface area contributed by atoms with Gasteiger partial charge in [-0.1, -0.05) is 48.5 Å². The fourth-order valence-electron chi connectivity index (χ4n) is 4.28. The molecule has 0 unspecified atom stereocenters. The third kappa shape index (κ3) is 6.68. The molecule has 2 heterocycles. The summed E-state index contributed by atoms with van der Waals surface area (Å²) in [5.74, 6) is -0.138. The number of amides is 1. The monoisotopic (exact) mass is 492 g/mol. The van der Waals surface area contributed by atoms with Gasteiger partial charge in [-0.05, 0) is 61.9 Å².